The minimum Gasteiger partial charge on any atom is -0.219 e. The molecule has 0 fully saturated rings. The molecule has 0 aliphatic carbocycles. The van der Waals surface area contributed by atoms with E-state index in [0.29, 0.717) is 5.69 Å². The molecule has 0 spiro atoms. The van der Waals surface area contributed by atoms with Gasteiger partial charge in [-0.2, -0.15) is 4.39 Å². The second-order valence-electron chi connectivity index (χ2n) is 1.75. The van der Waals surface area contributed by atoms with Gasteiger partial charge < -0.3 is 0 Å². The molecule has 52 valence electrons. The maximum atomic E-state index is 12.3. The van der Waals surface area contributed by atoms with Gasteiger partial charge in [-0.1, -0.05) is 24.2 Å². The highest BCUT2D eigenvalue weighted by Crippen LogP contribution is 2.12. The first-order chi connectivity index (χ1) is 4.70. The Bertz CT molecular complexity index is 260. The van der Waals surface area contributed by atoms with Gasteiger partial charge in [-0.3, -0.25) is 0 Å². The summed E-state index contributed by atoms with van der Waals surface area (Å²) in [6.45, 7) is 3.40. The molecule has 0 saturated carbocycles. The highest BCUT2D eigenvalue weighted by atomic mass is 35.5. The zero-order valence-corrected chi connectivity index (χ0v) is 5.90. The Labute approximate surface area is 63.2 Å². The van der Waals surface area contributed by atoms with Crippen LogP contribution in [0.5, 0.6) is 0 Å². The fourth-order valence-corrected chi connectivity index (χ4v) is 0.665. The molecule has 0 bridgehead atoms. The zero-order chi connectivity index (χ0) is 7.56. The minimum absolute atomic E-state index is 0.250. The van der Waals surface area contributed by atoms with Crippen molar-refractivity contribution in [1.82, 2.24) is 4.98 Å². The van der Waals surface area contributed by atoms with Gasteiger partial charge in [0.1, 0.15) is 0 Å². The van der Waals surface area contributed by atoms with Crippen LogP contribution in [0, 0.1) is 5.95 Å². The zero-order valence-electron chi connectivity index (χ0n) is 5.14. The van der Waals surface area contributed by atoms with Gasteiger partial charge in [0.15, 0.2) is 0 Å². The van der Waals surface area contributed by atoms with Crippen molar-refractivity contribution in [3.05, 3.63) is 36.4 Å². The molecule has 0 aliphatic rings. The fourth-order valence-electron chi connectivity index (χ4n) is 0.559. The van der Waals surface area contributed by atoms with Gasteiger partial charge in [0.25, 0.3) is 0 Å². The van der Waals surface area contributed by atoms with Crippen molar-refractivity contribution < 1.29 is 4.39 Å². The number of aromatic nitrogens is 1. The summed E-state index contributed by atoms with van der Waals surface area (Å²) in [5.41, 5.74) is 0.377. The lowest BCUT2D eigenvalue weighted by Gasteiger charge is -1.93. The van der Waals surface area contributed by atoms with E-state index in [1.807, 2.05) is 0 Å². The number of nitrogens with zero attached hydrogens (tertiary/aromatic N) is 1. The summed E-state index contributed by atoms with van der Waals surface area (Å²) in [6.07, 6.45) is 0. The molecule has 3 heteroatoms. The Hall–Kier alpha value is -0.890. The maximum Gasteiger partial charge on any atom is 0.213 e. The lowest BCUT2D eigenvalue weighted by atomic mass is 10.3. The van der Waals surface area contributed by atoms with E-state index in [4.69, 9.17) is 11.6 Å². The van der Waals surface area contributed by atoms with Crippen molar-refractivity contribution >= 4 is 16.6 Å². The fraction of sp³-hybridized carbons (Fsp3) is 0. The molecule has 0 amide bonds. The van der Waals surface area contributed by atoms with E-state index in [1.165, 1.54) is 12.1 Å². The predicted octanol–water partition coefficient (Wildman–Crippen LogP) is 2.43. The van der Waals surface area contributed by atoms with E-state index in [1.54, 1.807) is 6.07 Å². The molecular weight excluding hydrogens is 153 g/mol. The smallest absolute Gasteiger partial charge is 0.213 e. The molecule has 0 radical (unpaired) electrons. The SMILES string of the molecule is C=C(Cl)c1cccc(F)n1. The number of hydrogen-bond acceptors (Lipinski definition) is 1. The Balaban J connectivity index is 3.07. The van der Waals surface area contributed by atoms with E-state index in [9.17, 15) is 4.39 Å². The van der Waals surface area contributed by atoms with Crippen LogP contribution in [0.2, 0.25) is 0 Å². The predicted molar refractivity (Wildman–Crippen MR) is 39.1 cm³/mol. The molecule has 1 aromatic heterocycles. The van der Waals surface area contributed by atoms with Crippen molar-refractivity contribution in [1.29, 1.82) is 0 Å². The van der Waals surface area contributed by atoms with Gasteiger partial charge in [0.2, 0.25) is 5.95 Å². The lowest BCUT2D eigenvalue weighted by molar-refractivity contribution is 0.582. The van der Waals surface area contributed by atoms with Crippen LogP contribution < -0.4 is 0 Å². The largest absolute Gasteiger partial charge is 0.219 e. The topological polar surface area (TPSA) is 12.9 Å². The Morgan fingerprint density at radius 2 is 2.30 bits per heavy atom. The lowest BCUT2D eigenvalue weighted by Crippen LogP contribution is -1.85. The van der Waals surface area contributed by atoms with E-state index in [0.717, 1.165) is 0 Å². The third-order valence-electron chi connectivity index (χ3n) is 0.993. The number of pyridine rings is 1. The Morgan fingerprint density at radius 1 is 1.60 bits per heavy atom. The van der Waals surface area contributed by atoms with Crippen LogP contribution in [-0.2, 0) is 0 Å². The number of rotatable bonds is 1. The molecule has 0 unspecified atom stereocenters. The second kappa shape index (κ2) is 2.80. The van der Waals surface area contributed by atoms with Gasteiger partial charge in [-0.25, -0.2) is 4.98 Å². The van der Waals surface area contributed by atoms with E-state index >= 15 is 0 Å². The summed E-state index contributed by atoms with van der Waals surface area (Å²) in [6, 6.07) is 4.38. The standard InChI is InChI=1S/C7H5ClFN/c1-5(8)6-3-2-4-7(9)10-6/h2-4H,1H2. The van der Waals surface area contributed by atoms with Gasteiger partial charge in [-0.15, -0.1) is 0 Å². The van der Waals surface area contributed by atoms with E-state index in [2.05, 4.69) is 11.6 Å². The van der Waals surface area contributed by atoms with Crippen molar-refractivity contribution in [3.63, 3.8) is 0 Å². The van der Waals surface area contributed by atoms with Crippen LogP contribution in [0.3, 0.4) is 0 Å². The van der Waals surface area contributed by atoms with Crippen LogP contribution >= 0.6 is 11.6 Å². The molecule has 10 heavy (non-hydrogen) atoms. The molecule has 0 aliphatic heterocycles. The average molecular weight is 158 g/mol. The molecular formula is C7H5ClFN. The van der Waals surface area contributed by atoms with Crippen LogP contribution in [-0.4, -0.2) is 4.98 Å². The number of halogens is 2. The Kier molecular flexibility index (Phi) is 2.02. The van der Waals surface area contributed by atoms with Gasteiger partial charge in [0.05, 0.1) is 10.7 Å². The Morgan fingerprint density at radius 3 is 2.70 bits per heavy atom. The van der Waals surface area contributed by atoms with Crippen LogP contribution in [0.15, 0.2) is 24.8 Å². The normalized spacial score (nSPS) is 9.40. The summed E-state index contributed by atoms with van der Waals surface area (Å²) in [4.78, 5) is 3.47. The summed E-state index contributed by atoms with van der Waals surface area (Å²) >= 11 is 5.45. The first-order valence-corrected chi connectivity index (χ1v) is 3.05. The van der Waals surface area contributed by atoms with Gasteiger partial charge in [0, 0.05) is 0 Å². The summed E-state index contributed by atoms with van der Waals surface area (Å²) in [5.74, 6) is -0.542. The van der Waals surface area contributed by atoms with E-state index in [-0.39, 0.29) is 5.03 Å². The number of hydrogen-bond donors (Lipinski definition) is 0. The molecule has 0 atom stereocenters. The monoisotopic (exact) mass is 157 g/mol. The highest BCUT2D eigenvalue weighted by Gasteiger charge is 1.96. The highest BCUT2D eigenvalue weighted by molar-refractivity contribution is 6.47. The third-order valence-corrected chi connectivity index (χ3v) is 1.19. The van der Waals surface area contributed by atoms with Crippen LogP contribution in [0.1, 0.15) is 5.69 Å². The van der Waals surface area contributed by atoms with Gasteiger partial charge >= 0.3 is 0 Å². The van der Waals surface area contributed by atoms with Crippen molar-refractivity contribution in [2.24, 2.45) is 0 Å². The summed E-state index contributed by atoms with van der Waals surface area (Å²) in [7, 11) is 0. The third kappa shape index (κ3) is 1.54. The van der Waals surface area contributed by atoms with Gasteiger partial charge in [-0.05, 0) is 12.1 Å². The van der Waals surface area contributed by atoms with Crippen molar-refractivity contribution in [2.75, 3.05) is 0 Å². The average Bonchev–Trinajstić information content (AvgIpc) is 1.88. The van der Waals surface area contributed by atoms with E-state index < -0.39 is 5.95 Å². The minimum atomic E-state index is -0.542. The summed E-state index contributed by atoms with van der Waals surface area (Å²) < 4.78 is 12.3. The first kappa shape index (κ1) is 7.22. The second-order valence-corrected chi connectivity index (χ2v) is 2.21. The molecule has 0 N–H and O–H groups in total. The molecule has 0 aromatic carbocycles. The maximum absolute atomic E-state index is 12.3. The summed E-state index contributed by atoms with van der Waals surface area (Å²) in [5, 5.41) is 0.250. The molecule has 1 heterocycles. The first-order valence-electron chi connectivity index (χ1n) is 2.67. The molecule has 1 aromatic rings. The quantitative estimate of drug-likeness (QED) is 0.571. The van der Waals surface area contributed by atoms with Crippen molar-refractivity contribution in [2.45, 2.75) is 0 Å². The molecule has 1 nitrogen and oxygen atoms in total. The van der Waals surface area contributed by atoms with Crippen molar-refractivity contribution in [3.8, 4) is 0 Å². The molecule has 0 saturated heterocycles. The van der Waals surface area contributed by atoms with Crippen LogP contribution in [0.25, 0.3) is 5.03 Å². The van der Waals surface area contributed by atoms with Crippen LogP contribution in [0.4, 0.5) is 4.39 Å². The molecule has 1 rings (SSSR count).